The van der Waals surface area contributed by atoms with Crippen LogP contribution in [0, 0.1) is 0 Å². The number of benzene rings is 9. The van der Waals surface area contributed by atoms with Crippen LogP contribution in [0.5, 0.6) is 0 Å². The van der Waals surface area contributed by atoms with Gasteiger partial charge < -0.3 is 9.80 Å². The van der Waals surface area contributed by atoms with Crippen molar-refractivity contribution in [3.8, 4) is 33.4 Å². The fourth-order valence-corrected chi connectivity index (χ4v) is 9.22. The molecule has 0 aliphatic heterocycles. The molecule has 0 N–H and O–H groups in total. The molecule has 0 amide bonds. The summed E-state index contributed by atoms with van der Waals surface area (Å²) in [7, 11) is 0. The highest BCUT2D eigenvalue weighted by atomic mass is 15.1. The van der Waals surface area contributed by atoms with Crippen LogP contribution in [0.2, 0.25) is 0 Å². The fourth-order valence-electron chi connectivity index (χ4n) is 9.22. The fraction of sp³-hybridized carbons (Fsp3) is 0.0182. The molecule has 2 heteroatoms. The molecule has 2 nitrogen and oxygen atoms in total. The summed E-state index contributed by atoms with van der Waals surface area (Å²) in [5.74, 6) is 0. The summed E-state index contributed by atoms with van der Waals surface area (Å²) in [5, 5.41) is 0. The first kappa shape index (κ1) is 28.1. The maximum absolute atomic E-state index is 9.04. The third-order valence-electron chi connectivity index (χ3n) is 11.5. The number of anilines is 6. The van der Waals surface area contributed by atoms with Gasteiger partial charge in [0, 0.05) is 34.1 Å². The van der Waals surface area contributed by atoms with Crippen LogP contribution < -0.4 is 9.80 Å². The molecule has 268 valence electrons. The predicted molar refractivity (Wildman–Crippen MR) is 238 cm³/mol. The minimum Gasteiger partial charge on any atom is -0.310 e. The number of para-hydroxylation sites is 3. The largest absolute Gasteiger partial charge is 0.310 e. The van der Waals surface area contributed by atoms with Gasteiger partial charge in [-0.05, 0) is 128 Å². The number of fused-ring (bicyclic) bond motifs is 10. The summed E-state index contributed by atoms with van der Waals surface area (Å²) >= 11 is 0. The van der Waals surface area contributed by atoms with E-state index in [-0.39, 0.29) is 29.9 Å². The molecule has 0 heterocycles. The molecular formula is C55H38N2. The van der Waals surface area contributed by atoms with E-state index in [0.29, 0.717) is 11.4 Å². The quantitative estimate of drug-likeness (QED) is 0.161. The Morgan fingerprint density at radius 3 is 1.46 bits per heavy atom. The second-order valence-electron chi connectivity index (χ2n) is 14.5. The minimum atomic E-state index is -0.672. The molecule has 57 heavy (non-hydrogen) atoms. The molecule has 0 bridgehead atoms. The lowest BCUT2D eigenvalue weighted by molar-refractivity contribution is 0.793. The van der Waals surface area contributed by atoms with Gasteiger partial charge in [0.2, 0.25) is 0 Å². The molecule has 0 aromatic heterocycles. The van der Waals surface area contributed by atoms with Crippen LogP contribution in [0.3, 0.4) is 0 Å². The highest BCUT2D eigenvalue weighted by Crippen LogP contribution is 2.64. The second-order valence-corrected chi connectivity index (χ2v) is 14.5. The first-order valence-corrected chi connectivity index (χ1v) is 19.3. The zero-order valence-electron chi connectivity index (χ0n) is 35.9. The molecule has 0 fully saturated rings. The van der Waals surface area contributed by atoms with Crippen molar-refractivity contribution in [1.29, 1.82) is 0 Å². The Morgan fingerprint density at radius 2 is 0.772 bits per heavy atom. The monoisotopic (exact) mass is 731 g/mol. The van der Waals surface area contributed by atoms with Gasteiger partial charge in [-0.2, -0.15) is 0 Å². The maximum Gasteiger partial charge on any atom is 0.0726 e. The zero-order chi connectivity index (χ0) is 42.1. The van der Waals surface area contributed by atoms with Gasteiger partial charge in [-0.3, -0.25) is 0 Å². The summed E-state index contributed by atoms with van der Waals surface area (Å²) < 4.78 is 43.6. The van der Waals surface area contributed by atoms with Gasteiger partial charge in [0.15, 0.2) is 0 Å². The lowest BCUT2D eigenvalue weighted by atomic mass is 9.70. The van der Waals surface area contributed by atoms with Crippen molar-refractivity contribution in [1.82, 2.24) is 0 Å². The third kappa shape index (κ3) is 5.18. The van der Waals surface area contributed by atoms with Crippen molar-refractivity contribution in [2.45, 2.75) is 5.41 Å². The van der Waals surface area contributed by atoms with Gasteiger partial charge in [0.25, 0.3) is 0 Å². The van der Waals surface area contributed by atoms with Crippen LogP contribution in [0.15, 0.2) is 230 Å². The van der Waals surface area contributed by atoms with E-state index in [1.165, 1.54) is 27.8 Å². The molecule has 2 aliphatic carbocycles. The third-order valence-corrected chi connectivity index (χ3v) is 11.5. The summed E-state index contributed by atoms with van der Waals surface area (Å²) in [5.41, 5.74) is 15.4. The van der Waals surface area contributed by atoms with E-state index >= 15 is 0 Å². The zero-order valence-corrected chi connectivity index (χ0v) is 30.9. The van der Waals surface area contributed by atoms with Crippen LogP contribution in [0.4, 0.5) is 34.1 Å². The van der Waals surface area contributed by atoms with Crippen molar-refractivity contribution >= 4 is 34.1 Å². The number of nitrogens with zero attached hydrogens (tertiary/aromatic N) is 2. The van der Waals surface area contributed by atoms with Gasteiger partial charge in [0.05, 0.1) is 12.3 Å². The number of hydrogen-bond donors (Lipinski definition) is 0. The lowest BCUT2D eigenvalue weighted by Crippen LogP contribution is -2.26. The summed E-state index contributed by atoms with van der Waals surface area (Å²) in [6, 6.07) is 68.1. The van der Waals surface area contributed by atoms with E-state index in [9.17, 15) is 0 Å². The molecule has 1 unspecified atom stereocenters. The molecule has 0 saturated heterocycles. The molecule has 9 aromatic carbocycles. The second kappa shape index (κ2) is 13.4. The Bertz CT molecular complexity index is 3180. The molecule has 1 spiro atoms. The van der Waals surface area contributed by atoms with Crippen LogP contribution in [-0.2, 0) is 5.41 Å². The van der Waals surface area contributed by atoms with E-state index in [1.807, 2.05) is 48.5 Å². The Labute approximate surface area is 341 Å². The Morgan fingerprint density at radius 1 is 0.298 bits per heavy atom. The van der Waals surface area contributed by atoms with Gasteiger partial charge in [-0.15, -0.1) is 0 Å². The normalized spacial score (nSPS) is 15.6. The highest BCUT2D eigenvalue weighted by molar-refractivity contribution is 5.97. The average molecular weight is 732 g/mol. The lowest BCUT2D eigenvalue weighted by Gasteiger charge is -2.32. The van der Waals surface area contributed by atoms with Crippen LogP contribution in [0.1, 0.15) is 29.1 Å². The van der Waals surface area contributed by atoms with Crippen LogP contribution >= 0.6 is 0 Å². The standard InChI is InChI=1S/C55H38N2/c1-5-18-39(19-6-1)40-20-17-27-44(36-40)57(43-25-11-4-12-26-43)46-32-34-49-47-28-13-15-30-51(47)55(54(49)38-46)52-31-16-14-29-48(52)50-37-45(33-35-53(50)55)56(41-21-7-2-8-22-41)42-23-9-3-10-24-42/h1-38H/i2D,7D,8D,21D,22D. The van der Waals surface area contributed by atoms with E-state index in [2.05, 4.69) is 157 Å². The van der Waals surface area contributed by atoms with Crippen molar-refractivity contribution in [2.24, 2.45) is 0 Å². The van der Waals surface area contributed by atoms with E-state index < -0.39 is 11.5 Å². The SMILES string of the molecule is [2H]c1c([2H])c([2H])c(N(c2ccccc2)c2ccc3c(c2)-c2ccccc2C32c3ccccc3-c3ccc(N(c4ccccc4)c4cccc(-c5ccccc5)c4)cc32)c([2H])c1[2H]. The summed E-state index contributed by atoms with van der Waals surface area (Å²) in [6.45, 7) is 0. The average Bonchev–Trinajstić information content (AvgIpc) is 3.79. The molecule has 9 aromatic rings. The minimum absolute atomic E-state index is 0.0988. The molecule has 0 radical (unpaired) electrons. The van der Waals surface area contributed by atoms with Crippen molar-refractivity contribution in [2.75, 3.05) is 9.80 Å². The van der Waals surface area contributed by atoms with Crippen LogP contribution in [0.25, 0.3) is 33.4 Å². The van der Waals surface area contributed by atoms with Crippen molar-refractivity contribution < 1.29 is 6.85 Å². The Kier molecular flexibility index (Phi) is 6.60. The molecular weight excluding hydrogens is 689 g/mol. The van der Waals surface area contributed by atoms with Gasteiger partial charge in [-0.1, -0.05) is 158 Å². The summed E-state index contributed by atoms with van der Waals surface area (Å²) in [6.07, 6.45) is 0. The van der Waals surface area contributed by atoms with Crippen LogP contribution in [-0.4, -0.2) is 0 Å². The van der Waals surface area contributed by atoms with E-state index in [0.717, 1.165) is 44.9 Å². The van der Waals surface area contributed by atoms with Crippen molar-refractivity contribution in [3.63, 3.8) is 0 Å². The number of hydrogen-bond acceptors (Lipinski definition) is 2. The van der Waals surface area contributed by atoms with Crippen molar-refractivity contribution in [3.05, 3.63) is 253 Å². The summed E-state index contributed by atoms with van der Waals surface area (Å²) in [4.78, 5) is 4.14. The smallest absolute Gasteiger partial charge is 0.0726 e. The van der Waals surface area contributed by atoms with Gasteiger partial charge in [-0.25, -0.2) is 0 Å². The predicted octanol–water partition coefficient (Wildman–Crippen LogP) is 14.6. The Balaban J connectivity index is 1.15. The maximum atomic E-state index is 9.04. The molecule has 2 aliphatic rings. The molecule has 11 rings (SSSR count). The molecule has 1 atom stereocenters. The molecule has 0 saturated carbocycles. The van der Waals surface area contributed by atoms with Gasteiger partial charge in [0.1, 0.15) is 0 Å². The first-order chi connectivity index (χ1) is 30.4. The number of rotatable bonds is 7. The Hall–Kier alpha value is -7.42. The van der Waals surface area contributed by atoms with E-state index in [4.69, 9.17) is 6.85 Å². The highest BCUT2D eigenvalue weighted by Gasteiger charge is 2.52. The van der Waals surface area contributed by atoms with E-state index in [1.54, 1.807) is 4.90 Å². The topological polar surface area (TPSA) is 6.48 Å². The van der Waals surface area contributed by atoms with Gasteiger partial charge >= 0.3 is 0 Å². The first-order valence-electron chi connectivity index (χ1n) is 21.8.